The Morgan fingerprint density at radius 3 is 3.00 bits per heavy atom. The van der Waals surface area contributed by atoms with Crippen molar-refractivity contribution in [1.82, 2.24) is 10.2 Å². The number of amidine groups is 1. The molecule has 0 radical (unpaired) electrons. The first-order chi connectivity index (χ1) is 12.6. The van der Waals surface area contributed by atoms with Gasteiger partial charge < -0.3 is 5.32 Å². The number of aliphatic imine (C=N–C) groups is 1. The van der Waals surface area contributed by atoms with Crippen molar-refractivity contribution < 1.29 is 9.59 Å². The van der Waals surface area contributed by atoms with Gasteiger partial charge in [-0.3, -0.25) is 19.5 Å². The van der Waals surface area contributed by atoms with Crippen LogP contribution in [0.4, 0.5) is 0 Å². The highest BCUT2D eigenvalue weighted by Crippen LogP contribution is 2.33. The van der Waals surface area contributed by atoms with E-state index in [4.69, 9.17) is 12.2 Å². The minimum Gasteiger partial charge on any atom is -0.305 e. The Kier molecular flexibility index (Phi) is 7.30. The fourth-order valence-electron chi connectivity index (χ4n) is 2.52. The number of rotatable bonds is 7. The van der Waals surface area contributed by atoms with Crippen molar-refractivity contribution in [3.8, 4) is 0 Å². The van der Waals surface area contributed by atoms with Crippen molar-refractivity contribution in [1.29, 1.82) is 0 Å². The quantitative estimate of drug-likeness (QED) is 0.410. The van der Waals surface area contributed by atoms with Gasteiger partial charge in [-0.05, 0) is 30.4 Å². The van der Waals surface area contributed by atoms with E-state index in [2.05, 4.69) is 10.3 Å². The van der Waals surface area contributed by atoms with Crippen molar-refractivity contribution >= 4 is 74.5 Å². The molecule has 0 aliphatic carbocycles. The molecule has 1 aromatic rings. The number of amides is 2. The molecule has 1 N–H and O–H groups in total. The number of hydrogen-bond donors (Lipinski definition) is 1. The molecule has 1 aromatic heterocycles. The summed E-state index contributed by atoms with van der Waals surface area (Å²) < 4.78 is 0.617. The van der Waals surface area contributed by atoms with E-state index in [-0.39, 0.29) is 11.8 Å². The van der Waals surface area contributed by atoms with E-state index in [0.29, 0.717) is 22.2 Å². The lowest BCUT2D eigenvalue weighted by molar-refractivity contribution is -0.122. The maximum atomic E-state index is 12.5. The number of hydrogen-bond acceptors (Lipinski definition) is 7. The van der Waals surface area contributed by atoms with Gasteiger partial charge in [-0.1, -0.05) is 48.2 Å². The number of thioether (sulfide) groups is 2. The number of carbonyl (C=O) groups is 2. The maximum absolute atomic E-state index is 12.5. The zero-order chi connectivity index (χ0) is 18.4. The molecule has 3 rings (SSSR count). The molecular formula is C17H19N3O2S4. The van der Waals surface area contributed by atoms with Crippen LogP contribution < -0.4 is 5.32 Å². The molecule has 0 bridgehead atoms. The summed E-state index contributed by atoms with van der Waals surface area (Å²) in [4.78, 5) is 31.9. The van der Waals surface area contributed by atoms with Crippen LogP contribution in [-0.4, -0.2) is 45.0 Å². The van der Waals surface area contributed by atoms with Gasteiger partial charge in [0, 0.05) is 23.6 Å². The summed E-state index contributed by atoms with van der Waals surface area (Å²) in [5.74, 6) is 0.949. The number of carbonyl (C=O) groups excluding carboxylic acids is 2. The van der Waals surface area contributed by atoms with Crippen LogP contribution in [0, 0.1) is 0 Å². The Morgan fingerprint density at radius 1 is 1.38 bits per heavy atom. The molecule has 0 unspecified atom stereocenters. The Labute approximate surface area is 170 Å². The molecule has 26 heavy (non-hydrogen) atoms. The van der Waals surface area contributed by atoms with Crippen LogP contribution in [0.25, 0.3) is 6.08 Å². The normalized spacial score (nSPS) is 18.7. The third-order valence-corrected chi connectivity index (χ3v) is 6.90. The lowest BCUT2D eigenvalue weighted by atomic mass is 10.2. The summed E-state index contributed by atoms with van der Waals surface area (Å²) in [6.07, 6.45) is 4.90. The monoisotopic (exact) mass is 425 g/mol. The zero-order valence-corrected chi connectivity index (χ0v) is 17.4. The number of thiophene rings is 1. The summed E-state index contributed by atoms with van der Waals surface area (Å²) >= 11 is 9.89. The van der Waals surface area contributed by atoms with Crippen LogP contribution in [0.2, 0.25) is 0 Å². The fraction of sp³-hybridized carbons (Fsp3) is 0.412. The number of unbranched alkanes of at least 4 members (excludes halogenated alkanes) is 2. The second kappa shape index (κ2) is 9.68. The van der Waals surface area contributed by atoms with Gasteiger partial charge in [0.2, 0.25) is 5.91 Å². The predicted octanol–water partition coefficient (Wildman–Crippen LogP) is 3.73. The van der Waals surface area contributed by atoms with E-state index in [0.717, 1.165) is 41.6 Å². The van der Waals surface area contributed by atoms with Gasteiger partial charge in [0.1, 0.15) is 4.32 Å². The third-order valence-electron chi connectivity index (χ3n) is 3.81. The first kappa shape index (κ1) is 19.6. The van der Waals surface area contributed by atoms with Crippen LogP contribution in [0.3, 0.4) is 0 Å². The van der Waals surface area contributed by atoms with Gasteiger partial charge in [0.15, 0.2) is 5.17 Å². The number of nitrogens with zero attached hydrogens (tertiary/aromatic N) is 2. The van der Waals surface area contributed by atoms with Crippen molar-refractivity contribution in [2.24, 2.45) is 4.99 Å². The molecule has 1 saturated heterocycles. The maximum Gasteiger partial charge on any atom is 0.266 e. The fourth-order valence-corrected chi connectivity index (χ4v) is 5.30. The van der Waals surface area contributed by atoms with E-state index >= 15 is 0 Å². The third kappa shape index (κ3) is 5.42. The Hall–Kier alpha value is -1.16. The second-order valence-corrected chi connectivity index (χ2v) is 9.48. The summed E-state index contributed by atoms with van der Waals surface area (Å²) in [7, 11) is 0. The molecule has 2 amide bonds. The standard InChI is InChI=1S/C17H19N3O2S4/c21-14(19-16-18-7-10-25-16)6-2-1-3-8-20-15(22)13(26-17(20)23)11-12-5-4-9-24-12/h4-5,9,11H,1-3,6-8,10H2,(H,18,19,21)/b13-11+. The van der Waals surface area contributed by atoms with Crippen LogP contribution in [0.1, 0.15) is 30.6 Å². The van der Waals surface area contributed by atoms with Gasteiger partial charge in [-0.2, -0.15) is 0 Å². The van der Waals surface area contributed by atoms with Crippen molar-refractivity contribution in [2.45, 2.75) is 25.7 Å². The second-order valence-electron chi connectivity index (χ2n) is 5.74. The van der Waals surface area contributed by atoms with Crippen molar-refractivity contribution in [3.63, 3.8) is 0 Å². The van der Waals surface area contributed by atoms with Gasteiger partial charge >= 0.3 is 0 Å². The average Bonchev–Trinajstić information content (AvgIpc) is 3.34. The Morgan fingerprint density at radius 2 is 2.27 bits per heavy atom. The first-order valence-electron chi connectivity index (χ1n) is 8.39. The highest BCUT2D eigenvalue weighted by Gasteiger charge is 2.31. The predicted molar refractivity (Wildman–Crippen MR) is 116 cm³/mol. The van der Waals surface area contributed by atoms with Crippen LogP contribution in [0.15, 0.2) is 27.4 Å². The van der Waals surface area contributed by atoms with Gasteiger partial charge in [-0.15, -0.1) is 11.3 Å². The van der Waals surface area contributed by atoms with E-state index < -0.39 is 0 Å². The Balaban J connectivity index is 1.37. The number of thiocarbonyl (C=S) groups is 1. The minimum absolute atomic E-state index is 0.0117. The Bertz CT molecular complexity index is 743. The molecule has 0 spiro atoms. The zero-order valence-electron chi connectivity index (χ0n) is 14.1. The average molecular weight is 426 g/mol. The summed E-state index contributed by atoms with van der Waals surface area (Å²) in [5.41, 5.74) is 0. The summed E-state index contributed by atoms with van der Waals surface area (Å²) in [6.45, 7) is 1.39. The number of nitrogens with one attached hydrogen (secondary N) is 1. The SMILES string of the molecule is O=C(CCCCCN1C(=O)/C(=C\c2cccs2)SC1=S)NC1=NCCS1. The molecule has 9 heteroatoms. The van der Waals surface area contributed by atoms with Gasteiger partial charge in [0.25, 0.3) is 5.91 Å². The van der Waals surface area contributed by atoms with Crippen LogP contribution >= 0.6 is 47.1 Å². The largest absolute Gasteiger partial charge is 0.305 e. The van der Waals surface area contributed by atoms with E-state index in [1.165, 1.54) is 11.8 Å². The molecule has 0 aromatic carbocycles. The van der Waals surface area contributed by atoms with Crippen LogP contribution in [0.5, 0.6) is 0 Å². The highest BCUT2D eigenvalue weighted by atomic mass is 32.2. The van der Waals surface area contributed by atoms with E-state index in [1.54, 1.807) is 28.0 Å². The highest BCUT2D eigenvalue weighted by molar-refractivity contribution is 8.26. The molecule has 138 valence electrons. The molecule has 2 aliphatic rings. The molecule has 2 aliphatic heterocycles. The van der Waals surface area contributed by atoms with Crippen LogP contribution in [-0.2, 0) is 9.59 Å². The van der Waals surface area contributed by atoms with E-state index in [1.807, 2.05) is 23.6 Å². The minimum atomic E-state index is -0.0117. The lowest BCUT2D eigenvalue weighted by Gasteiger charge is -2.14. The molecule has 3 heterocycles. The van der Waals surface area contributed by atoms with Crippen molar-refractivity contribution in [2.75, 3.05) is 18.8 Å². The van der Waals surface area contributed by atoms with Crippen molar-refractivity contribution in [3.05, 3.63) is 27.3 Å². The topological polar surface area (TPSA) is 61.8 Å². The molecule has 5 nitrogen and oxygen atoms in total. The molecule has 0 saturated carbocycles. The van der Waals surface area contributed by atoms with Gasteiger partial charge in [-0.25, -0.2) is 0 Å². The molecular weight excluding hydrogens is 406 g/mol. The molecule has 1 fully saturated rings. The first-order valence-corrected chi connectivity index (χ1v) is 11.5. The molecule has 0 atom stereocenters. The smallest absolute Gasteiger partial charge is 0.266 e. The summed E-state index contributed by atoms with van der Waals surface area (Å²) in [5, 5.41) is 5.56. The lowest BCUT2D eigenvalue weighted by Crippen LogP contribution is -2.29. The van der Waals surface area contributed by atoms with E-state index in [9.17, 15) is 9.59 Å². The van der Waals surface area contributed by atoms with Gasteiger partial charge in [0.05, 0.1) is 11.4 Å². The summed E-state index contributed by atoms with van der Waals surface area (Å²) in [6, 6.07) is 3.95.